The first-order chi connectivity index (χ1) is 11.4. The number of benzene rings is 1. The van der Waals surface area contributed by atoms with Crippen LogP contribution >= 0.6 is 0 Å². The van der Waals surface area contributed by atoms with E-state index in [-0.39, 0.29) is 11.9 Å². The Bertz CT molecular complexity index is 782. The van der Waals surface area contributed by atoms with Crippen LogP contribution in [-0.4, -0.2) is 38.1 Å². The molecule has 126 valence electrons. The van der Waals surface area contributed by atoms with Crippen LogP contribution in [0.1, 0.15) is 43.1 Å². The summed E-state index contributed by atoms with van der Waals surface area (Å²) in [5.41, 5.74) is 0.367. The summed E-state index contributed by atoms with van der Waals surface area (Å²) in [4.78, 5) is 1.97. The largest absolute Gasteiger partial charge is 0.382 e. The molecule has 1 saturated heterocycles. The van der Waals surface area contributed by atoms with Gasteiger partial charge < -0.3 is 5.11 Å². The van der Waals surface area contributed by atoms with Gasteiger partial charge in [0.25, 0.3) is 0 Å². The molecule has 6 nitrogen and oxygen atoms in total. The quantitative estimate of drug-likeness (QED) is 0.928. The minimum Gasteiger partial charge on any atom is -0.382 e. The van der Waals surface area contributed by atoms with Crippen molar-refractivity contribution in [3.63, 3.8) is 0 Å². The SMILES string of the molecule is CC(C)n1cc(C2(O)CCN(Cc3cc(C#N)ccc3F)C2)nn1. The molecule has 0 aliphatic carbocycles. The second-order valence-electron chi connectivity index (χ2n) is 6.59. The molecule has 0 spiro atoms. The van der Waals surface area contributed by atoms with Gasteiger partial charge in [0, 0.05) is 31.2 Å². The predicted molar refractivity (Wildman–Crippen MR) is 85.3 cm³/mol. The number of aliphatic hydroxyl groups is 1. The molecule has 3 rings (SSSR count). The van der Waals surface area contributed by atoms with Crippen LogP contribution in [0.25, 0.3) is 0 Å². The minimum atomic E-state index is -1.07. The van der Waals surface area contributed by atoms with Crippen LogP contribution in [0.15, 0.2) is 24.4 Å². The molecule has 1 unspecified atom stereocenters. The maximum absolute atomic E-state index is 13.9. The van der Waals surface area contributed by atoms with Gasteiger partial charge in [-0.1, -0.05) is 5.21 Å². The summed E-state index contributed by atoms with van der Waals surface area (Å²) in [6.07, 6.45) is 2.29. The summed E-state index contributed by atoms with van der Waals surface area (Å²) in [7, 11) is 0. The molecule has 1 aromatic heterocycles. The maximum atomic E-state index is 13.9. The van der Waals surface area contributed by atoms with E-state index in [4.69, 9.17) is 5.26 Å². The highest BCUT2D eigenvalue weighted by molar-refractivity contribution is 5.33. The van der Waals surface area contributed by atoms with Gasteiger partial charge >= 0.3 is 0 Å². The lowest BCUT2D eigenvalue weighted by Crippen LogP contribution is -2.31. The zero-order valence-corrected chi connectivity index (χ0v) is 13.8. The number of nitriles is 1. The number of nitrogens with zero attached hydrogens (tertiary/aromatic N) is 5. The van der Waals surface area contributed by atoms with Crippen molar-refractivity contribution in [3.05, 3.63) is 47.0 Å². The molecule has 0 radical (unpaired) electrons. The Labute approximate surface area is 140 Å². The van der Waals surface area contributed by atoms with E-state index in [9.17, 15) is 9.50 Å². The van der Waals surface area contributed by atoms with Gasteiger partial charge in [0.05, 0.1) is 17.8 Å². The summed E-state index contributed by atoms with van der Waals surface area (Å²) >= 11 is 0. The summed E-state index contributed by atoms with van der Waals surface area (Å²) < 4.78 is 15.7. The van der Waals surface area contributed by atoms with Gasteiger partial charge in [-0.2, -0.15) is 5.26 Å². The van der Waals surface area contributed by atoms with Crippen molar-refractivity contribution in [1.82, 2.24) is 19.9 Å². The van der Waals surface area contributed by atoms with Crippen LogP contribution in [0.5, 0.6) is 0 Å². The van der Waals surface area contributed by atoms with Crippen LogP contribution in [0.3, 0.4) is 0 Å². The van der Waals surface area contributed by atoms with Crippen LogP contribution in [0.2, 0.25) is 0 Å². The molecular weight excluding hydrogens is 309 g/mol. The van der Waals surface area contributed by atoms with E-state index >= 15 is 0 Å². The van der Waals surface area contributed by atoms with Crippen LogP contribution in [0.4, 0.5) is 4.39 Å². The molecule has 1 N–H and O–H groups in total. The van der Waals surface area contributed by atoms with E-state index in [0.29, 0.717) is 42.9 Å². The number of β-amino-alcohol motifs (C(OH)–C–C–N with tert-alkyl or cyclic N) is 1. The molecule has 1 atom stereocenters. The molecule has 1 aliphatic heterocycles. The highest BCUT2D eigenvalue weighted by Crippen LogP contribution is 2.32. The van der Waals surface area contributed by atoms with E-state index < -0.39 is 5.60 Å². The Morgan fingerprint density at radius 1 is 1.46 bits per heavy atom. The second kappa shape index (κ2) is 6.30. The van der Waals surface area contributed by atoms with E-state index in [0.717, 1.165) is 0 Å². The monoisotopic (exact) mass is 329 g/mol. The number of likely N-dealkylation sites (tertiary alicyclic amines) is 1. The van der Waals surface area contributed by atoms with Crippen LogP contribution in [0, 0.1) is 17.1 Å². The molecule has 2 aromatic rings. The topological polar surface area (TPSA) is 78.0 Å². The van der Waals surface area contributed by atoms with Gasteiger partial charge in [-0.3, -0.25) is 4.90 Å². The van der Waals surface area contributed by atoms with Gasteiger partial charge in [-0.25, -0.2) is 9.07 Å². The lowest BCUT2D eigenvalue weighted by molar-refractivity contribution is 0.0407. The first kappa shape index (κ1) is 16.6. The summed E-state index contributed by atoms with van der Waals surface area (Å²) in [6, 6.07) is 6.52. The second-order valence-corrected chi connectivity index (χ2v) is 6.59. The first-order valence-electron chi connectivity index (χ1n) is 7.97. The molecule has 24 heavy (non-hydrogen) atoms. The minimum absolute atomic E-state index is 0.176. The van der Waals surface area contributed by atoms with E-state index in [2.05, 4.69) is 10.3 Å². The molecule has 2 heterocycles. The number of hydrogen-bond acceptors (Lipinski definition) is 5. The van der Waals surface area contributed by atoms with Crippen molar-refractivity contribution >= 4 is 0 Å². The number of rotatable bonds is 4. The molecule has 0 saturated carbocycles. The van der Waals surface area contributed by atoms with Gasteiger partial charge in [-0.05, 0) is 38.5 Å². The molecule has 7 heteroatoms. The van der Waals surface area contributed by atoms with Crippen molar-refractivity contribution < 1.29 is 9.50 Å². The molecule has 0 amide bonds. The van der Waals surface area contributed by atoms with Crippen LogP contribution < -0.4 is 0 Å². The van der Waals surface area contributed by atoms with E-state index in [1.165, 1.54) is 12.1 Å². The third-order valence-corrected chi connectivity index (χ3v) is 4.41. The predicted octanol–water partition coefficient (Wildman–Crippen LogP) is 1.96. The average Bonchev–Trinajstić information content (AvgIpc) is 3.18. The zero-order chi connectivity index (χ0) is 17.3. The highest BCUT2D eigenvalue weighted by atomic mass is 19.1. The van der Waals surface area contributed by atoms with Crippen molar-refractivity contribution in [2.24, 2.45) is 0 Å². The summed E-state index contributed by atoms with van der Waals surface area (Å²) in [5.74, 6) is -0.338. The molecule has 1 aliphatic rings. The van der Waals surface area contributed by atoms with Gasteiger partial charge in [0.1, 0.15) is 17.1 Å². The smallest absolute Gasteiger partial charge is 0.127 e. The Morgan fingerprint density at radius 2 is 2.25 bits per heavy atom. The average molecular weight is 329 g/mol. The Balaban J connectivity index is 1.74. The van der Waals surface area contributed by atoms with Crippen LogP contribution in [-0.2, 0) is 12.1 Å². The Morgan fingerprint density at radius 3 is 2.92 bits per heavy atom. The van der Waals surface area contributed by atoms with Crippen molar-refractivity contribution in [1.29, 1.82) is 5.26 Å². The first-order valence-corrected chi connectivity index (χ1v) is 7.97. The Kier molecular flexibility index (Phi) is 4.35. The van der Waals surface area contributed by atoms with Crippen molar-refractivity contribution in [2.45, 2.75) is 38.5 Å². The lowest BCUT2D eigenvalue weighted by atomic mass is 10.00. The highest BCUT2D eigenvalue weighted by Gasteiger charge is 2.40. The van der Waals surface area contributed by atoms with Gasteiger partial charge in [0.2, 0.25) is 0 Å². The Hall–Kier alpha value is -2.30. The maximum Gasteiger partial charge on any atom is 0.127 e. The fourth-order valence-corrected chi connectivity index (χ4v) is 2.96. The molecular formula is C17H20FN5O. The zero-order valence-electron chi connectivity index (χ0n) is 13.8. The van der Waals surface area contributed by atoms with Crippen molar-refractivity contribution in [3.8, 4) is 6.07 Å². The fraction of sp³-hybridized carbons (Fsp3) is 0.471. The fourth-order valence-electron chi connectivity index (χ4n) is 2.96. The van der Waals surface area contributed by atoms with E-state index in [1.807, 2.05) is 24.8 Å². The number of halogens is 1. The third kappa shape index (κ3) is 3.16. The molecule has 1 aromatic carbocycles. The number of hydrogen-bond donors (Lipinski definition) is 1. The lowest BCUT2D eigenvalue weighted by Gasteiger charge is -2.21. The molecule has 0 bridgehead atoms. The van der Waals surface area contributed by atoms with Crippen molar-refractivity contribution in [2.75, 3.05) is 13.1 Å². The number of aromatic nitrogens is 3. The standard InChI is InChI=1S/C17H20FN5O/c1-12(2)23-10-16(20-21-23)17(24)5-6-22(11-17)9-14-7-13(8-19)3-4-15(14)18/h3-4,7,10,12,24H,5-6,9,11H2,1-2H3. The van der Waals surface area contributed by atoms with Gasteiger partial charge in [-0.15, -0.1) is 5.10 Å². The van der Waals surface area contributed by atoms with E-state index in [1.54, 1.807) is 16.9 Å². The summed E-state index contributed by atoms with van der Waals surface area (Å²) in [5, 5.41) is 28.0. The normalized spacial score (nSPS) is 21.3. The summed E-state index contributed by atoms with van der Waals surface area (Å²) in [6.45, 7) is 5.33. The molecule has 1 fully saturated rings. The third-order valence-electron chi connectivity index (χ3n) is 4.41. The van der Waals surface area contributed by atoms with Gasteiger partial charge in [0.15, 0.2) is 0 Å².